The molecule has 138 valence electrons. The summed E-state index contributed by atoms with van der Waals surface area (Å²) < 4.78 is 1.86. The van der Waals surface area contributed by atoms with Crippen molar-refractivity contribution in [3.05, 3.63) is 88.7 Å². The van der Waals surface area contributed by atoms with Crippen LogP contribution in [0.1, 0.15) is 44.5 Å². The van der Waals surface area contributed by atoms with Gasteiger partial charge >= 0.3 is 0 Å². The first-order chi connectivity index (χ1) is 13.1. The molecule has 0 aliphatic heterocycles. The van der Waals surface area contributed by atoms with Crippen molar-refractivity contribution in [2.75, 3.05) is 0 Å². The summed E-state index contributed by atoms with van der Waals surface area (Å²) in [5.41, 5.74) is 9.12. The van der Waals surface area contributed by atoms with Gasteiger partial charge in [-0.25, -0.2) is 0 Å². The van der Waals surface area contributed by atoms with E-state index in [1.165, 1.54) is 0 Å². The zero-order valence-corrected chi connectivity index (χ0v) is 15.2. The van der Waals surface area contributed by atoms with Crippen LogP contribution in [0, 0.1) is 0 Å². The quantitative estimate of drug-likeness (QED) is 0.677. The van der Waals surface area contributed by atoms with Crippen LogP contribution in [-0.4, -0.2) is 21.6 Å². The summed E-state index contributed by atoms with van der Waals surface area (Å²) >= 11 is 0. The van der Waals surface area contributed by atoms with Gasteiger partial charge in [0, 0.05) is 12.1 Å². The van der Waals surface area contributed by atoms with Crippen LogP contribution in [0.2, 0.25) is 0 Å². The van der Waals surface area contributed by atoms with Crippen molar-refractivity contribution in [2.45, 2.75) is 26.4 Å². The summed E-state index contributed by atoms with van der Waals surface area (Å²) in [7, 11) is 0. The molecule has 0 spiro atoms. The van der Waals surface area contributed by atoms with Gasteiger partial charge in [-0.2, -0.15) is 5.10 Å². The summed E-state index contributed by atoms with van der Waals surface area (Å²) in [6.45, 7) is 2.94. The minimum atomic E-state index is -0.487. The minimum absolute atomic E-state index is 0.185. The van der Waals surface area contributed by atoms with Gasteiger partial charge < -0.3 is 11.1 Å². The number of primary amides is 1. The molecular formula is C21H22N4O2. The molecule has 3 aromatic rings. The van der Waals surface area contributed by atoms with Gasteiger partial charge in [-0.05, 0) is 29.7 Å². The van der Waals surface area contributed by atoms with Crippen molar-refractivity contribution in [1.29, 1.82) is 0 Å². The van der Waals surface area contributed by atoms with Crippen LogP contribution in [0.15, 0.2) is 60.8 Å². The van der Waals surface area contributed by atoms with Crippen molar-refractivity contribution in [3.63, 3.8) is 0 Å². The van der Waals surface area contributed by atoms with Crippen LogP contribution >= 0.6 is 0 Å². The lowest BCUT2D eigenvalue weighted by Gasteiger charge is -2.09. The van der Waals surface area contributed by atoms with Gasteiger partial charge in [0.1, 0.15) is 0 Å². The van der Waals surface area contributed by atoms with E-state index in [0.717, 1.165) is 16.8 Å². The van der Waals surface area contributed by atoms with E-state index >= 15 is 0 Å². The highest BCUT2D eigenvalue weighted by Crippen LogP contribution is 2.13. The highest BCUT2D eigenvalue weighted by Gasteiger charge is 2.16. The molecule has 0 atom stereocenters. The standard InChI is InChI=1S/C21H22N4O2/c1-2-19-18(13-24-25(19)14-15-7-4-3-5-8-15)21(27)23-12-16-9-6-10-17(11-16)20(22)26/h3-11,13H,2,12,14H2,1H3,(H2,22,26)(H,23,27). The van der Waals surface area contributed by atoms with E-state index < -0.39 is 5.91 Å². The van der Waals surface area contributed by atoms with Crippen molar-refractivity contribution in [1.82, 2.24) is 15.1 Å². The Labute approximate surface area is 158 Å². The van der Waals surface area contributed by atoms with E-state index in [1.54, 1.807) is 24.4 Å². The van der Waals surface area contributed by atoms with Crippen molar-refractivity contribution in [2.24, 2.45) is 5.73 Å². The number of nitrogens with two attached hydrogens (primary N) is 1. The maximum Gasteiger partial charge on any atom is 0.255 e. The van der Waals surface area contributed by atoms with Gasteiger partial charge in [0.15, 0.2) is 0 Å². The molecule has 27 heavy (non-hydrogen) atoms. The first-order valence-corrected chi connectivity index (χ1v) is 8.84. The first kappa shape index (κ1) is 18.4. The van der Waals surface area contributed by atoms with Crippen LogP contribution in [-0.2, 0) is 19.5 Å². The predicted molar refractivity (Wildman–Crippen MR) is 103 cm³/mol. The third kappa shape index (κ3) is 4.41. The lowest BCUT2D eigenvalue weighted by Crippen LogP contribution is -2.24. The van der Waals surface area contributed by atoms with Crippen LogP contribution in [0.3, 0.4) is 0 Å². The van der Waals surface area contributed by atoms with Crippen molar-refractivity contribution < 1.29 is 9.59 Å². The fraction of sp³-hybridized carbons (Fsp3) is 0.190. The number of rotatable bonds is 7. The lowest BCUT2D eigenvalue weighted by molar-refractivity contribution is 0.0949. The van der Waals surface area contributed by atoms with E-state index in [1.807, 2.05) is 48.0 Å². The summed E-state index contributed by atoms with van der Waals surface area (Å²) in [6, 6.07) is 16.9. The summed E-state index contributed by atoms with van der Waals surface area (Å²) in [5.74, 6) is -0.672. The first-order valence-electron chi connectivity index (χ1n) is 8.84. The second-order valence-electron chi connectivity index (χ2n) is 6.25. The molecule has 2 aromatic carbocycles. The third-order valence-electron chi connectivity index (χ3n) is 4.37. The Bertz CT molecular complexity index is 948. The molecule has 0 bridgehead atoms. The molecule has 0 aliphatic rings. The highest BCUT2D eigenvalue weighted by molar-refractivity contribution is 5.95. The Morgan fingerprint density at radius 2 is 1.81 bits per heavy atom. The van der Waals surface area contributed by atoms with E-state index in [-0.39, 0.29) is 5.91 Å². The number of hydrogen-bond acceptors (Lipinski definition) is 3. The van der Waals surface area contributed by atoms with E-state index in [0.29, 0.717) is 30.6 Å². The highest BCUT2D eigenvalue weighted by atomic mass is 16.2. The fourth-order valence-electron chi connectivity index (χ4n) is 2.98. The zero-order valence-electron chi connectivity index (χ0n) is 15.2. The van der Waals surface area contributed by atoms with Gasteiger partial charge in [0.2, 0.25) is 5.91 Å². The van der Waals surface area contributed by atoms with Gasteiger partial charge in [-0.1, -0.05) is 49.4 Å². The smallest absolute Gasteiger partial charge is 0.255 e. The van der Waals surface area contributed by atoms with E-state index in [9.17, 15) is 9.59 Å². The molecule has 3 N–H and O–H groups in total. The molecule has 1 heterocycles. The Balaban J connectivity index is 1.71. The van der Waals surface area contributed by atoms with E-state index in [4.69, 9.17) is 5.73 Å². The molecule has 0 saturated carbocycles. The molecular weight excluding hydrogens is 340 g/mol. The van der Waals surface area contributed by atoms with Crippen molar-refractivity contribution in [3.8, 4) is 0 Å². The third-order valence-corrected chi connectivity index (χ3v) is 4.37. The number of hydrogen-bond donors (Lipinski definition) is 2. The number of amides is 2. The Hall–Kier alpha value is -3.41. The number of benzene rings is 2. The molecule has 1 aromatic heterocycles. The van der Waals surface area contributed by atoms with Crippen LogP contribution in [0.5, 0.6) is 0 Å². The van der Waals surface area contributed by atoms with Gasteiger partial charge in [0.25, 0.3) is 5.91 Å². The number of nitrogens with zero attached hydrogens (tertiary/aromatic N) is 2. The fourth-order valence-corrected chi connectivity index (χ4v) is 2.98. The van der Waals surface area contributed by atoms with E-state index in [2.05, 4.69) is 10.4 Å². The summed E-state index contributed by atoms with van der Waals surface area (Å²) in [4.78, 5) is 23.9. The maximum atomic E-state index is 12.6. The average Bonchev–Trinajstić information content (AvgIpc) is 3.09. The summed E-state index contributed by atoms with van der Waals surface area (Å²) in [5, 5.41) is 7.28. The van der Waals surface area contributed by atoms with Gasteiger partial charge in [-0.3, -0.25) is 14.3 Å². The number of carbonyl (C=O) groups excluding carboxylic acids is 2. The number of nitrogens with one attached hydrogen (secondary N) is 1. The molecule has 0 aliphatic carbocycles. The molecule has 0 saturated heterocycles. The Kier molecular flexibility index (Phi) is 5.66. The molecule has 0 fully saturated rings. The molecule has 3 rings (SSSR count). The van der Waals surface area contributed by atoms with Crippen LogP contribution < -0.4 is 11.1 Å². The molecule has 2 amide bonds. The van der Waals surface area contributed by atoms with Gasteiger partial charge in [0.05, 0.1) is 24.0 Å². The average molecular weight is 362 g/mol. The topological polar surface area (TPSA) is 90.0 Å². The minimum Gasteiger partial charge on any atom is -0.366 e. The van der Waals surface area contributed by atoms with Crippen molar-refractivity contribution >= 4 is 11.8 Å². The molecule has 6 heteroatoms. The zero-order chi connectivity index (χ0) is 19.2. The molecule has 6 nitrogen and oxygen atoms in total. The Morgan fingerprint density at radius 1 is 1.07 bits per heavy atom. The number of carbonyl (C=O) groups is 2. The normalized spacial score (nSPS) is 10.6. The predicted octanol–water partition coefficient (Wildman–Crippen LogP) is 2.52. The molecule has 0 radical (unpaired) electrons. The maximum absolute atomic E-state index is 12.6. The van der Waals surface area contributed by atoms with Crippen LogP contribution in [0.25, 0.3) is 0 Å². The van der Waals surface area contributed by atoms with Crippen LogP contribution in [0.4, 0.5) is 0 Å². The largest absolute Gasteiger partial charge is 0.366 e. The Morgan fingerprint density at radius 3 is 2.52 bits per heavy atom. The monoisotopic (exact) mass is 362 g/mol. The lowest BCUT2D eigenvalue weighted by atomic mass is 10.1. The SMILES string of the molecule is CCc1c(C(=O)NCc2cccc(C(N)=O)c2)cnn1Cc1ccccc1. The number of aromatic nitrogens is 2. The molecule has 0 unspecified atom stereocenters. The van der Waals surface area contributed by atoms with Gasteiger partial charge in [-0.15, -0.1) is 0 Å². The summed E-state index contributed by atoms with van der Waals surface area (Å²) in [6.07, 6.45) is 2.31. The second-order valence-corrected chi connectivity index (χ2v) is 6.25. The second kappa shape index (κ2) is 8.31.